The van der Waals surface area contributed by atoms with Crippen LogP contribution in [0.2, 0.25) is 0 Å². The first-order chi connectivity index (χ1) is 13.5. The molecule has 2 aromatic heterocycles. The van der Waals surface area contributed by atoms with Gasteiger partial charge in [-0.25, -0.2) is 9.07 Å². The molecule has 0 radical (unpaired) electrons. The first kappa shape index (κ1) is 18.4. The number of nitrogens with one attached hydrogen (secondary N) is 1. The number of benzene rings is 1. The molecule has 0 aliphatic carbocycles. The molecule has 28 heavy (non-hydrogen) atoms. The molecular formula is C21H23FN4O2. The quantitative estimate of drug-likeness (QED) is 0.736. The fraction of sp³-hybridized carbons (Fsp3) is 0.333. The molecule has 0 saturated carbocycles. The van der Waals surface area contributed by atoms with E-state index in [1.165, 1.54) is 12.1 Å². The first-order valence-corrected chi connectivity index (χ1v) is 9.48. The van der Waals surface area contributed by atoms with Crippen LogP contribution in [-0.2, 0) is 11.3 Å². The second-order valence-corrected chi connectivity index (χ2v) is 7.02. The van der Waals surface area contributed by atoms with E-state index < -0.39 is 0 Å². The molecule has 0 unspecified atom stereocenters. The van der Waals surface area contributed by atoms with Crippen molar-refractivity contribution in [1.82, 2.24) is 20.0 Å². The van der Waals surface area contributed by atoms with E-state index in [0.717, 1.165) is 24.3 Å². The van der Waals surface area contributed by atoms with Crippen molar-refractivity contribution in [2.45, 2.75) is 32.9 Å². The Morgan fingerprint density at radius 3 is 2.89 bits per heavy atom. The fourth-order valence-electron chi connectivity index (χ4n) is 3.66. The largest absolute Gasteiger partial charge is 0.460 e. The topological polar surface area (TPSA) is 63.3 Å². The van der Waals surface area contributed by atoms with Gasteiger partial charge >= 0.3 is 0 Å². The van der Waals surface area contributed by atoms with Crippen LogP contribution >= 0.6 is 0 Å². The molecule has 3 aromatic rings. The fourth-order valence-corrected chi connectivity index (χ4v) is 3.66. The van der Waals surface area contributed by atoms with Crippen LogP contribution in [0, 0.1) is 12.7 Å². The molecule has 0 spiro atoms. The lowest BCUT2D eigenvalue weighted by atomic mass is 10.1. The van der Waals surface area contributed by atoms with Gasteiger partial charge in [0.25, 0.3) is 0 Å². The summed E-state index contributed by atoms with van der Waals surface area (Å²) in [5.74, 6) is 1.20. The van der Waals surface area contributed by atoms with Crippen LogP contribution in [0.3, 0.4) is 0 Å². The Morgan fingerprint density at radius 1 is 1.32 bits per heavy atom. The van der Waals surface area contributed by atoms with Crippen LogP contribution in [0.15, 0.2) is 47.0 Å². The lowest BCUT2D eigenvalue weighted by Crippen LogP contribution is -2.54. The van der Waals surface area contributed by atoms with E-state index in [1.807, 2.05) is 32.2 Å². The average Bonchev–Trinajstić information content (AvgIpc) is 3.28. The highest BCUT2D eigenvalue weighted by molar-refractivity contribution is 5.82. The van der Waals surface area contributed by atoms with Gasteiger partial charge in [-0.3, -0.25) is 9.69 Å². The molecule has 1 aromatic carbocycles. The standard InChI is InChI=1S/C21H23FN4O2/c1-3-18-21(27)23-9-10-25(18)12-15-13-26(17-6-4-5-16(22)11-17)24-20(15)19-8-7-14(2)28-19/h4-8,11,13,18H,3,9-10,12H2,1-2H3,(H,23,27)/t18-/m1/s1. The summed E-state index contributed by atoms with van der Waals surface area (Å²) >= 11 is 0. The maximum atomic E-state index is 13.7. The van der Waals surface area contributed by atoms with E-state index in [-0.39, 0.29) is 17.8 Å². The van der Waals surface area contributed by atoms with Crippen LogP contribution in [0.5, 0.6) is 0 Å². The minimum Gasteiger partial charge on any atom is -0.460 e. The van der Waals surface area contributed by atoms with Gasteiger partial charge in [0.05, 0.1) is 11.7 Å². The maximum absolute atomic E-state index is 13.7. The summed E-state index contributed by atoms with van der Waals surface area (Å²) < 4.78 is 21.1. The number of piperazine rings is 1. The number of aromatic nitrogens is 2. The summed E-state index contributed by atoms with van der Waals surface area (Å²) in [4.78, 5) is 14.4. The molecule has 1 atom stereocenters. The smallest absolute Gasteiger partial charge is 0.237 e. The van der Waals surface area contributed by atoms with E-state index >= 15 is 0 Å². The van der Waals surface area contributed by atoms with Gasteiger partial charge in [0.2, 0.25) is 5.91 Å². The predicted molar refractivity (Wildman–Crippen MR) is 103 cm³/mol. The Bertz CT molecular complexity index is 994. The van der Waals surface area contributed by atoms with E-state index in [4.69, 9.17) is 4.42 Å². The average molecular weight is 382 g/mol. The van der Waals surface area contributed by atoms with E-state index in [1.54, 1.807) is 16.8 Å². The zero-order valence-electron chi connectivity index (χ0n) is 16.0. The number of nitrogens with zero attached hydrogens (tertiary/aromatic N) is 3. The minimum atomic E-state index is -0.316. The van der Waals surface area contributed by atoms with E-state index in [2.05, 4.69) is 15.3 Å². The molecule has 0 bridgehead atoms. The van der Waals surface area contributed by atoms with E-state index in [0.29, 0.717) is 30.2 Å². The zero-order chi connectivity index (χ0) is 19.7. The Balaban J connectivity index is 1.73. The van der Waals surface area contributed by atoms with Gasteiger partial charge in [-0.15, -0.1) is 0 Å². The lowest BCUT2D eigenvalue weighted by molar-refractivity contribution is -0.129. The predicted octanol–water partition coefficient (Wildman–Crippen LogP) is 3.29. The Kier molecular flexibility index (Phi) is 5.00. The second-order valence-electron chi connectivity index (χ2n) is 7.02. The van der Waals surface area contributed by atoms with Gasteiger partial charge in [0.1, 0.15) is 17.3 Å². The van der Waals surface area contributed by atoms with Crippen molar-refractivity contribution in [2.24, 2.45) is 0 Å². The highest BCUT2D eigenvalue weighted by atomic mass is 19.1. The van der Waals surface area contributed by atoms with Crippen molar-refractivity contribution in [3.8, 4) is 17.1 Å². The van der Waals surface area contributed by atoms with Crippen molar-refractivity contribution in [2.75, 3.05) is 13.1 Å². The van der Waals surface area contributed by atoms with E-state index in [9.17, 15) is 9.18 Å². The summed E-state index contributed by atoms with van der Waals surface area (Å²) in [5.41, 5.74) is 2.28. The Labute approximate surface area is 162 Å². The number of hydrogen-bond acceptors (Lipinski definition) is 4. The molecule has 4 rings (SSSR count). The molecule has 3 heterocycles. The summed E-state index contributed by atoms with van der Waals surface area (Å²) in [6.45, 7) is 5.86. The number of carbonyl (C=O) groups is 1. The summed E-state index contributed by atoms with van der Waals surface area (Å²) in [6, 6.07) is 9.92. The van der Waals surface area contributed by atoms with Crippen molar-refractivity contribution < 1.29 is 13.6 Å². The van der Waals surface area contributed by atoms with Crippen LogP contribution in [-0.4, -0.2) is 39.7 Å². The number of rotatable bonds is 5. The first-order valence-electron chi connectivity index (χ1n) is 9.48. The van der Waals surface area contributed by atoms with Crippen molar-refractivity contribution in [3.63, 3.8) is 0 Å². The molecule has 1 N–H and O–H groups in total. The van der Waals surface area contributed by atoms with Crippen molar-refractivity contribution >= 4 is 5.91 Å². The summed E-state index contributed by atoms with van der Waals surface area (Å²) in [6.07, 6.45) is 2.63. The van der Waals surface area contributed by atoms with Gasteiger partial charge in [0, 0.05) is 31.4 Å². The Morgan fingerprint density at radius 2 is 2.18 bits per heavy atom. The third-order valence-electron chi connectivity index (χ3n) is 5.04. The van der Waals surface area contributed by atoms with Gasteiger partial charge in [-0.1, -0.05) is 13.0 Å². The van der Waals surface area contributed by atoms with Gasteiger partial charge in [-0.05, 0) is 43.7 Å². The molecule has 1 aliphatic rings. The maximum Gasteiger partial charge on any atom is 0.237 e. The number of aryl methyl sites for hydroxylation is 1. The van der Waals surface area contributed by atoms with Crippen LogP contribution in [0.25, 0.3) is 17.1 Å². The molecule has 1 aliphatic heterocycles. The van der Waals surface area contributed by atoms with Crippen molar-refractivity contribution in [3.05, 3.63) is 59.7 Å². The summed E-state index contributed by atoms with van der Waals surface area (Å²) in [5, 5.41) is 7.59. The highest BCUT2D eigenvalue weighted by Gasteiger charge is 2.29. The molecular weight excluding hydrogens is 359 g/mol. The number of hydrogen-bond donors (Lipinski definition) is 1. The third-order valence-corrected chi connectivity index (χ3v) is 5.04. The molecule has 146 valence electrons. The molecule has 1 fully saturated rings. The zero-order valence-corrected chi connectivity index (χ0v) is 16.0. The molecule has 7 heteroatoms. The monoisotopic (exact) mass is 382 g/mol. The third kappa shape index (κ3) is 3.57. The minimum absolute atomic E-state index is 0.0571. The second kappa shape index (κ2) is 7.59. The number of furan rings is 1. The van der Waals surface area contributed by atoms with Gasteiger partial charge < -0.3 is 9.73 Å². The lowest BCUT2D eigenvalue weighted by Gasteiger charge is -2.34. The number of halogens is 1. The normalized spacial score (nSPS) is 17.7. The van der Waals surface area contributed by atoms with Crippen LogP contribution < -0.4 is 5.32 Å². The van der Waals surface area contributed by atoms with Gasteiger partial charge in [0.15, 0.2) is 5.76 Å². The molecule has 1 amide bonds. The summed E-state index contributed by atoms with van der Waals surface area (Å²) in [7, 11) is 0. The van der Waals surface area contributed by atoms with Gasteiger partial charge in [-0.2, -0.15) is 5.10 Å². The highest BCUT2D eigenvalue weighted by Crippen LogP contribution is 2.28. The molecule has 1 saturated heterocycles. The SMILES string of the molecule is CC[C@@H]1C(=O)NCCN1Cc1cn(-c2cccc(F)c2)nc1-c1ccc(C)o1. The Hall–Kier alpha value is -2.93. The van der Waals surface area contributed by atoms with Crippen LogP contribution in [0.1, 0.15) is 24.7 Å². The van der Waals surface area contributed by atoms with Crippen LogP contribution in [0.4, 0.5) is 4.39 Å². The van der Waals surface area contributed by atoms with Crippen molar-refractivity contribution in [1.29, 1.82) is 0 Å². The number of carbonyl (C=O) groups excluding carboxylic acids is 1. The number of amides is 1. The molecule has 6 nitrogen and oxygen atoms in total.